The van der Waals surface area contributed by atoms with Crippen LogP contribution in [0.25, 0.3) is 0 Å². The molecule has 2 heterocycles. The Morgan fingerprint density at radius 1 is 1.33 bits per heavy atom. The van der Waals surface area contributed by atoms with Gasteiger partial charge in [-0.25, -0.2) is 4.98 Å². The fraction of sp³-hybridized carbons (Fsp3) is 0.421. The van der Waals surface area contributed by atoms with E-state index in [1.807, 2.05) is 6.20 Å². The summed E-state index contributed by atoms with van der Waals surface area (Å²) in [6.45, 7) is 4.83. The summed E-state index contributed by atoms with van der Waals surface area (Å²) in [5.41, 5.74) is 0.451. The summed E-state index contributed by atoms with van der Waals surface area (Å²) in [6.07, 6.45) is 6.57. The quantitative estimate of drug-likeness (QED) is 0.606. The Kier molecular flexibility index (Phi) is 4.20. The van der Waals surface area contributed by atoms with E-state index in [9.17, 15) is 19.6 Å². The van der Waals surface area contributed by atoms with E-state index >= 15 is 0 Å². The van der Waals surface area contributed by atoms with E-state index in [4.69, 9.17) is 0 Å². The fourth-order valence-electron chi connectivity index (χ4n) is 4.01. The van der Waals surface area contributed by atoms with Gasteiger partial charge in [0.25, 0.3) is 5.91 Å². The van der Waals surface area contributed by atoms with Gasteiger partial charge in [0.15, 0.2) is 0 Å². The lowest BCUT2D eigenvalue weighted by Gasteiger charge is -2.53. The molecule has 1 aliphatic carbocycles. The molecule has 27 heavy (non-hydrogen) atoms. The Balaban J connectivity index is 1.65. The van der Waals surface area contributed by atoms with Gasteiger partial charge in [-0.05, 0) is 30.4 Å². The van der Waals surface area contributed by atoms with E-state index in [2.05, 4.69) is 23.4 Å². The highest BCUT2D eigenvalue weighted by Crippen LogP contribution is 2.50. The monoisotopic (exact) mass is 367 g/mol. The molecule has 1 atom stereocenters. The lowest BCUT2D eigenvalue weighted by Crippen LogP contribution is -2.58. The van der Waals surface area contributed by atoms with E-state index in [0.717, 1.165) is 18.7 Å². The van der Waals surface area contributed by atoms with Crippen LogP contribution >= 0.6 is 0 Å². The minimum absolute atomic E-state index is 0.0892. The largest absolute Gasteiger partial charge is 0.489 e. The molecule has 1 saturated heterocycles. The van der Waals surface area contributed by atoms with Crippen molar-refractivity contribution in [1.82, 2.24) is 14.5 Å². The number of nitrogens with zero attached hydrogens (tertiary/aromatic N) is 3. The molecule has 2 N–H and O–H groups in total. The zero-order valence-corrected chi connectivity index (χ0v) is 15.4. The van der Waals surface area contributed by atoms with Gasteiger partial charge in [0.1, 0.15) is 12.1 Å². The first kappa shape index (κ1) is 17.9. The van der Waals surface area contributed by atoms with E-state index in [1.165, 1.54) is 18.2 Å². The standard InChI is InChI=1S/C19H22BN3O4/c1-19(2)11-23(16(19)17-21-7-8-22(17)14-4-5-14)18(25)12-3-6-15(20(26)27)13(9-12)10-24/h3,6-10,14,16,26-27H,4-5,11H2,1-2H3. The number of hydrogen-bond acceptors (Lipinski definition) is 5. The molecule has 7 nitrogen and oxygen atoms in total. The summed E-state index contributed by atoms with van der Waals surface area (Å²) in [5, 5.41) is 18.7. The first-order valence-electron chi connectivity index (χ1n) is 9.12. The number of carbonyl (C=O) groups excluding carboxylic acids is 2. The van der Waals surface area contributed by atoms with Crippen molar-refractivity contribution in [1.29, 1.82) is 0 Å². The number of hydrogen-bond donors (Lipinski definition) is 2. The van der Waals surface area contributed by atoms with E-state index < -0.39 is 7.12 Å². The predicted molar refractivity (Wildman–Crippen MR) is 99.7 cm³/mol. The number of rotatable bonds is 5. The van der Waals surface area contributed by atoms with Gasteiger partial charge < -0.3 is 19.5 Å². The topological polar surface area (TPSA) is 95.7 Å². The van der Waals surface area contributed by atoms with Gasteiger partial charge in [0.2, 0.25) is 0 Å². The Bertz CT molecular complexity index is 904. The lowest BCUT2D eigenvalue weighted by molar-refractivity contribution is -0.0379. The van der Waals surface area contributed by atoms with Crippen molar-refractivity contribution in [2.75, 3.05) is 6.54 Å². The zero-order chi connectivity index (χ0) is 19.3. The van der Waals surface area contributed by atoms with Gasteiger partial charge in [-0.3, -0.25) is 9.59 Å². The van der Waals surface area contributed by atoms with Crippen molar-refractivity contribution in [2.24, 2.45) is 5.41 Å². The lowest BCUT2D eigenvalue weighted by atomic mass is 9.73. The molecule has 0 spiro atoms. The van der Waals surface area contributed by atoms with Crippen LogP contribution in [0.1, 0.15) is 65.3 Å². The fourth-order valence-corrected chi connectivity index (χ4v) is 4.01. The molecule has 0 bridgehead atoms. The molecule has 4 rings (SSSR count). The third-order valence-electron chi connectivity index (χ3n) is 5.51. The van der Waals surface area contributed by atoms with Crippen LogP contribution in [-0.4, -0.2) is 50.4 Å². The van der Waals surface area contributed by atoms with Crippen LogP contribution in [0.15, 0.2) is 30.6 Å². The maximum atomic E-state index is 13.1. The van der Waals surface area contributed by atoms with Gasteiger partial charge in [-0.2, -0.15) is 0 Å². The van der Waals surface area contributed by atoms with E-state index in [-0.39, 0.29) is 28.4 Å². The number of aldehydes is 1. The second-order valence-corrected chi connectivity index (χ2v) is 8.08. The third-order valence-corrected chi connectivity index (χ3v) is 5.51. The summed E-state index contributed by atoms with van der Waals surface area (Å²) in [4.78, 5) is 30.7. The first-order chi connectivity index (χ1) is 12.8. The molecule has 1 aromatic carbocycles. The van der Waals surface area contributed by atoms with Gasteiger partial charge in [0, 0.05) is 41.5 Å². The van der Waals surface area contributed by atoms with E-state index in [0.29, 0.717) is 24.4 Å². The molecule has 0 radical (unpaired) electrons. The molecule has 1 saturated carbocycles. The van der Waals surface area contributed by atoms with Gasteiger partial charge in [0.05, 0.1) is 6.04 Å². The maximum absolute atomic E-state index is 13.1. The van der Waals surface area contributed by atoms with Crippen LogP contribution in [0.3, 0.4) is 0 Å². The van der Waals surface area contributed by atoms with Crippen LogP contribution in [0.5, 0.6) is 0 Å². The summed E-state index contributed by atoms with van der Waals surface area (Å²) in [7, 11) is -1.75. The minimum atomic E-state index is -1.75. The molecular weight excluding hydrogens is 345 g/mol. The average Bonchev–Trinajstić information content (AvgIpc) is 3.37. The Morgan fingerprint density at radius 2 is 2.07 bits per heavy atom. The van der Waals surface area contributed by atoms with Crippen LogP contribution < -0.4 is 5.46 Å². The van der Waals surface area contributed by atoms with Crippen LogP contribution in [0.2, 0.25) is 0 Å². The number of likely N-dealkylation sites (tertiary alicyclic amines) is 1. The number of benzene rings is 1. The predicted octanol–water partition coefficient (Wildman–Crippen LogP) is 0.934. The first-order valence-corrected chi connectivity index (χ1v) is 9.12. The van der Waals surface area contributed by atoms with Crippen molar-refractivity contribution in [3.8, 4) is 0 Å². The molecule has 2 aromatic rings. The van der Waals surface area contributed by atoms with Crippen LogP contribution in [0.4, 0.5) is 0 Å². The summed E-state index contributed by atoms with van der Waals surface area (Å²) < 4.78 is 2.17. The van der Waals surface area contributed by atoms with Gasteiger partial charge in [-0.1, -0.05) is 19.9 Å². The van der Waals surface area contributed by atoms with Crippen molar-refractivity contribution in [3.05, 3.63) is 47.5 Å². The molecule has 1 amide bonds. The average molecular weight is 367 g/mol. The Hall–Kier alpha value is -2.45. The SMILES string of the molecule is CC1(C)CN(C(=O)c2ccc(B(O)O)c(C=O)c2)C1c1nccn1C1CC1. The number of aromatic nitrogens is 2. The summed E-state index contributed by atoms with van der Waals surface area (Å²) >= 11 is 0. The minimum Gasteiger partial charge on any atom is -0.423 e. The van der Waals surface area contributed by atoms with Crippen molar-refractivity contribution < 1.29 is 19.6 Å². The number of carbonyl (C=O) groups is 2. The number of imidazole rings is 1. The highest BCUT2D eigenvalue weighted by molar-refractivity contribution is 6.60. The highest BCUT2D eigenvalue weighted by Gasteiger charge is 2.51. The van der Waals surface area contributed by atoms with Gasteiger partial charge in [-0.15, -0.1) is 0 Å². The smallest absolute Gasteiger partial charge is 0.423 e. The molecule has 1 aliphatic heterocycles. The van der Waals surface area contributed by atoms with Crippen molar-refractivity contribution in [3.63, 3.8) is 0 Å². The second-order valence-electron chi connectivity index (χ2n) is 8.08. The van der Waals surface area contributed by atoms with Crippen LogP contribution in [-0.2, 0) is 0 Å². The Morgan fingerprint density at radius 3 is 2.67 bits per heavy atom. The molecular formula is C19H22BN3O4. The molecule has 1 unspecified atom stereocenters. The van der Waals surface area contributed by atoms with Crippen LogP contribution in [0, 0.1) is 5.41 Å². The Labute approximate surface area is 157 Å². The van der Waals surface area contributed by atoms with E-state index in [1.54, 1.807) is 11.1 Å². The normalized spacial score (nSPS) is 20.9. The molecule has 2 aliphatic rings. The van der Waals surface area contributed by atoms with Crippen molar-refractivity contribution in [2.45, 2.75) is 38.8 Å². The number of amides is 1. The maximum Gasteiger partial charge on any atom is 0.489 e. The van der Waals surface area contributed by atoms with Crippen molar-refractivity contribution >= 4 is 24.8 Å². The second kappa shape index (κ2) is 6.32. The molecule has 8 heteroatoms. The summed E-state index contributed by atoms with van der Waals surface area (Å²) in [6, 6.07) is 4.69. The zero-order valence-electron chi connectivity index (χ0n) is 15.4. The van der Waals surface area contributed by atoms with Gasteiger partial charge >= 0.3 is 7.12 Å². The molecule has 2 fully saturated rings. The third kappa shape index (κ3) is 2.98. The molecule has 140 valence electrons. The highest BCUT2D eigenvalue weighted by atomic mass is 16.4. The summed E-state index contributed by atoms with van der Waals surface area (Å²) in [5.74, 6) is 0.715. The molecule has 1 aromatic heterocycles.